The molecular formula is C22H41NO3. The summed E-state index contributed by atoms with van der Waals surface area (Å²) in [6.07, 6.45) is 21.3. The van der Waals surface area contributed by atoms with Crippen molar-refractivity contribution in [1.29, 1.82) is 0 Å². The zero-order chi connectivity index (χ0) is 18.9. The van der Waals surface area contributed by atoms with Crippen LogP contribution >= 0.6 is 0 Å². The predicted molar refractivity (Wildman–Crippen MR) is 109 cm³/mol. The van der Waals surface area contributed by atoms with Crippen molar-refractivity contribution in [3.05, 3.63) is 17.4 Å². The summed E-state index contributed by atoms with van der Waals surface area (Å²) in [7, 11) is 0. The number of hydrogen-bond donors (Lipinski definition) is 0. The molecule has 0 atom stereocenters. The van der Waals surface area contributed by atoms with Crippen molar-refractivity contribution in [3.8, 4) is 0 Å². The molecule has 1 fully saturated rings. The monoisotopic (exact) mass is 367 g/mol. The minimum absolute atomic E-state index is 0.147. The van der Waals surface area contributed by atoms with Crippen LogP contribution in [0.2, 0.25) is 0 Å². The summed E-state index contributed by atoms with van der Waals surface area (Å²) >= 11 is 0. The number of hydrogen-bond acceptors (Lipinski definition) is 3. The lowest BCUT2D eigenvalue weighted by Crippen LogP contribution is -2.54. The van der Waals surface area contributed by atoms with Crippen molar-refractivity contribution < 1.29 is 14.2 Å². The number of hydroxylamine groups is 3. The first kappa shape index (κ1) is 23.3. The molecule has 26 heavy (non-hydrogen) atoms. The lowest BCUT2D eigenvalue weighted by molar-refractivity contribution is -0.814. The van der Waals surface area contributed by atoms with E-state index in [4.69, 9.17) is 4.74 Å². The lowest BCUT2D eigenvalue weighted by atomic mass is 10.1. The quantitative estimate of drug-likeness (QED) is 0.157. The van der Waals surface area contributed by atoms with E-state index in [-0.39, 0.29) is 5.91 Å². The van der Waals surface area contributed by atoms with E-state index in [2.05, 4.69) is 19.1 Å². The van der Waals surface area contributed by atoms with Crippen LogP contribution in [0.5, 0.6) is 0 Å². The average molecular weight is 368 g/mol. The molecule has 0 saturated carbocycles. The van der Waals surface area contributed by atoms with Crippen LogP contribution in [-0.4, -0.2) is 36.9 Å². The topological polar surface area (TPSA) is 49.4 Å². The van der Waals surface area contributed by atoms with Gasteiger partial charge in [0.1, 0.15) is 13.1 Å². The minimum atomic E-state index is -0.663. The third-order valence-electron chi connectivity index (χ3n) is 5.30. The van der Waals surface area contributed by atoms with Gasteiger partial charge in [-0.25, -0.2) is 4.79 Å². The van der Waals surface area contributed by atoms with Crippen molar-refractivity contribution in [3.63, 3.8) is 0 Å². The van der Waals surface area contributed by atoms with Gasteiger partial charge in [0, 0.05) is 0 Å². The Bertz CT molecular complexity index is 376. The number of carbonyl (C=O) groups excluding carboxylic acids is 1. The maximum Gasteiger partial charge on any atom is 0.313 e. The molecule has 4 nitrogen and oxygen atoms in total. The van der Waals surface area contributed by atoms with Gasteiger partial charge in [0.2, 0.25) is 0 Å². The van der Waals surface area contributed by atoms with Gasteiger partial charge >= 0.3 is 5.91 Å². The van der Waals surface area contributed by atoms with Crippen molar-refractivity contribution in [2.24, 2.45) is 0 Å². The highest BCUT2D eigenvalue weighted by atomic mass is 16.6. The molecule has 0 aromatic carbocycles. The fourth-order valence-electron chi connectivity index (χ4n) is 3.44. The molecule has 0 spiro atoms. The number of amides is 1. The average Bonchev–Trinajstić information content (AvgIpc) is 2.65. The number of allylic oxidation sites excluding steroid dienone is 2. The third-order valence-corrected chi connectivity index (χ3v) is 5.30. The third kappa shape index (κ3) is 11.1. The highest BCUT2D eigenvalue weighted by Crippen LogP contribution is 2.15. The van der Waals surface area contributed by atoms with E-state index in [1.807, 2.05) is 0 Å². The van der Waals surface area contributed by atoms with Gasteiger partial charge in [0.25, 0.3) is 0 Å². The van der Waals surface area contributed by atoms with E-state index in [1.54, 1.807) is 0 Å². The molecule has 1 amide bonds. The van der Waals surface area contributed by atoms with E-state index in [9.17, 15) is 10.0 Å². The van der Waals surface area contributed by atoms with Gasteiger partial charge in [-0.15, -0.1) is 0 Å². The van der Waals surface area contributed by atoms with E-state index in [0.717, 1.165) is 12.8 Å². The van der Waals surface area contributed by atoms with Crippen molar-refractivity contribution >= 4 is 5.91 Å². The fourth-order valence-corrected chi connectivity index (χ4v) is 3.44. The van der Waals surface area contributed by atoms with E-state index < -0.39 is 4.65 Å². The molecule has 0 radical (unpaired) electrons. The molecule has 0 aromatic heterocycles. The van der Waals surface area contributed by atoms with Crippen LogP contribution in [0.1, 0.15) is 96.8 Å². The summed E-state index contributed by atoms with van der Waals surface area (Å²) in [6, 6.07) is 0. The van der Waals surface area contributed by atoms with Crippen LogP contribution in [0, 0.1) is 5.21 Å². The second kappa shape index (κ2) is 15.4. The van der Waals surface area contributed by atoms with E-state index in [1.165, 1.54) is 70.6 Å². The number of unbranched alkanes of at least 4 members (excludes halogenated alkanes) is 11. The Balaban J connectivity index is 1.86. The molecule has 152 valence electrons. The smallest absolute Gasteiger partial charge is 0.313 e. The van der Waals surface area contributed by atoms with Crippen LogP contribution in [0.25, 0.3) is 0 Å². The first-order chi connectivity index (χ1) is 12.7. The van der Waals surface area contributed by atoms with Gasteiger partial charge in [-0.05, 0) is 32.1 Å². The fraction of sp³-hybridized carbons (Fsp3) is 0.864. The highest BCUT2D eigenvalue weighted by Gasteiger charge is 2.29. The van der Waals surface area contributed by atoms with Gasteiger partial charge in [0.15, 0.2) is 0 Å². The first-order valence-corrected chi connectivity index (χ1v) is 11.0. The molecule has 0 unspecified atom stereocenters. The second-order valence-electron chi connectivity index (χ2n) is 7.68. The standard InChI is InChI=1S/C22H41NO3/c1-2-3-4-5-6-7-8-9-10-11-12-13-14-15-16-17-22(24)23(25)18-20-26-21-19-23/h9-10H,2-8,11-21H2,1H3/b10-9-. The number of carbonyl (C=O) groups is 1. The predicted octanol–water partition coefficient (Wildman–Crippen LogP) is 5.90. The minimum Gasteiger partial charge on any atom is -0.625 e. The Labute approximate surface area is 161 Å². The maximum absolute atomic E-state index is 12.3. The largest absolute Gasteiger partial charge is 0.625 e. The summed E-state index contributed by atoms with van der Waals surface area (Å²) in [5.41, 5.74) is 0. The Morgan fingerprint density at radius 3 is 1.92 bits per heavy atom. The normalized spacial score (nSPS) is 17.0. The van der Waals surface area contributed by atoms with Gasteiger partial charge < -0.3 is 9.94 Å². The van der Waals surface area contributed by atoms with Crippen LogP contribution in [-0.2, 0) is 9.53 Å². The second-order valence-corrected chi connectivity index (χ2v) is 7.68. The summed E-state index contributed by atoms with van der Waals surface area (Å²) in [5.74, 6) is -0.147. The van der Waals surface area contributed by atoms with Gasteiger partial charge in [-0.1, -0.05) is 70.4 Å². The zero-order valence-corrected chi connectivity index (χ0v) is 17.1. The highest BCUT2D eigenvalue weighted by molar-refractivity contribution is 5.69. The van der Waals surface area contributed by atoms with Crippen LogP contribution in [0.4, 0.5) is 0 Å². The number of ether oxygens (including phenoxy) is 1. The van der Waals surface area contributed by atoms with E-state index in [0.29, 0.717) is 32.7 Å². The van der Waals surface area contributed by atoms with Crippen molar-refractivity contribution in [2.75, 3.05) is 26.3 Å². The van der Waals surface area contributed by atoms with Crippen LogP contribution in [0.15, 0.2) is 12.2 Å². The summed E-state index contributed by atoms with van der Waals surface area (Å²) < 4.78 is 4.51. The van der Waals surface area contributed by atoms with E-state index >= 15 is 0 Å². The molecule has 1 heterocycles. The number of quaternary nitrogens is 1. The van der Waals surface area contributed by atoms with Gasteiger partial charge in [0.05, 0.1) is 19.6 Å². The van der Waals surface area contributed by atoms with Crippen molar-refractivity contribution in [2.45, 2.75) is 96.8 Å². The lowest BCUT2D eigenvalue weighted by Gasteiger charge is -2.42. The molecule has 1 aliphatic rings. The summed E-state index contributed by atoms with van der Waals surface area (Å²) in [5, 5.41) is 12.3. The SMILES string of the molecule is CCCCCCCC/C=C\CCCCCCCC(=O)[N+]1([O-])CCOCC1. The molecule has 1 saturated heterocycles. The van der Waals surface area contributed by atoms with Gasteiger partial charge in [-0.3, -0.25) is 4.65 Å². The zero-order valence-electron chi connectivity index (χ0n) is 17.1. The maximum atomic E-state index is 12.3. The summed E-state index contributed by atoms with van der Waals surface area (Å²) in [6.45, 7) is 3.69. The van der Waals surface area contributed by atoms with Crippen molar-refractivity contribution in [1.82, 2.24) is 0 Å². The Morgan fingerprint density at radius 1 is 0.846 bits per heavy atom. The molecule has 1 rings (SSSR count). The Kier molecular flexibility index (Phi) is 13.8. The Morgan fingerprint density at radius 2 is 1.35 bits per heavy atom. The molecular weight excluding hydrogens is 326 g/mol. The number of rotatable bonds is 15. The van der Waals surface area contributed by atoms with Crippen LogP contribution in [0.3, 0.4) is 0 Å². The van der Waals surface area contributed by atoms with Gasteiger partial charge in [-0.2, -0.15) is 0 Å². The molecule has 0 N–H and O–H groups in total. The van der Waals surface area contributed by atoms with Crippen LogP contribution < -0.4 is 0 Å². The number of morpholine rings is 1. The molecule has 0 aliphatic carbocycles. The molecule has 0 bridgehead atoms. The Hall–Kier alpha value is -0.710. The first-order valence-electron chi connectivity index (χ1n) is 11.0. The summed E-state index contributed by atoms with van der Waals surface area (Å²) in [4.78, 5) is 12.0. The molecule has 1 aliphatic heterocycles. The number of nitrogens with zero attached hydrogens (tertiary/aromatic N) is 1. The molecule has 4 heteroatoms. The molecule has 0 aromatic rings.